The van der Waals surface area contributed by atoms with E-state index in [2.05, 4.69) is 29.1 Å². The molecule has 0 aliphatic rings. The van der Waals surface area contributed by atoms with Gasteiger partial charge >= 0.3 is 0 Å². The summed E-state index contributed by atoms with van der Waals surface area (Å²) in [5, 5.41) is 3.28. The van der Waals surface area contributed by atoms with Crippen LogP contribution in [0.2, 0.25) is 0 Å². The minimum atomic E-state index is -0.179. The molecule has 4 heteroatoms. The number of nitrogens with one attached hydrogen (secondary N) is 1. The highest BCUT2D eigenvalue weighted by Crippen LogP contribution is 2.11. The largest absolute Gasteiger partial charge is 0.374 e. The number of hydrogen-bond donors (Lipinski definition) is 1. The Bertz CT molecular complexity index is 330. The van der Waals surface area contributed by atoms with Crippen molar-refractivity contribution in [2.75, 3.05) is 18.5 Å². The van der Waals surface area contributed by atoms with E-state index < -0.39 is 0 Å². The van der Waals surface area contributed by atoms with E-state index in [1.807, 2.05) is 26.8 Å². The number of anilines is 1. The van der Waals surface area contributed by atoms with Crippen molar-refractivity contribution in [1.82, 2.24) is 9.97 Å². The molecule has 16 heavy (non-hydrogen) atoms. The molecule has 1 heterocycles. The zero-order valence-electron chi connectivity index (χ0n) is 10.8. The van der Waals surface area contributed by atoms with Gasteiger partial charge in [0.1, 0.15) is 11.6 Å². The van der Waals surface area contributed by atoms with Gasteiger partial charge in [0.2, 0.25) is 0 Å². The van der Waals surface area contributed by atoms with Crippen LogP contribution in [0.3, 0.4) is 0 Å². The van der Waals surface area contributed by atoms with Gasteiger partial charge in [0, 0.05) is 24.9 Å². The summed E-state index contributed by atoms with van der Waals surface area (Å²) >= 11 is 0. The highest BCUT2D eigenvalue weighted by atomic mass is 16.5. The third-order valence-corrected chi connectivity index (χ3v) is 2.20. The fraction of sp³-hybridized carbons (Fsp3) is 0.667. The van der Waals surface area contributed by atoms with Crippen LogP contribution >= 0.6 is 0 Å². The monoisotopic (exact) mass is 223 g/mol. The molecule has 0 bridgehead atoms. The van der Waals surface area contributed by atoms with Crippen molar-refractivity contribution in [2.45, 2.75) is 40.2 Å². The van der Waals surface area contributed by atoms with Crippen molar-refractivity contribution < 1.29 is 4.74 Å². The summed E-state index contributed by atoms with van der Waals surface area (Å²) in [6.45, 7) is 11.4. The van der Waals surface area contributed by atoms with Crippen molar-refractivity contribution in [3.8, 4) is 0 Å². The second kappa shape index (κ2) is 5.25. The second-order valence-electron chi connectivity index (χ2n) is 4.49. The molecule has 1 N–H and O–H groups in total. The minimum absolute atomic E-state index is 0.179. The van der Waals surface area contributed by atoms with Crippen LogP contribution in [0.15, 0.2) is 6.07 Å². The van der Waals surface area contributed by atoms with Gasteiger partial charge < -0.3 is 10.1 Å². The third kappa shape index (κ3) is 4.14. The molecule has 0 unspecified atom stereocenters. The smallest absolute Gasteiger partial charge is 0.130 e. The van der Waals surface area contributed by atoms with Gasteiger partial charge in [0.15, 0.2) is 0 Å². The first-order valence-corrected chi connectivity index (χ1v) is 5.63. The first kappa shape index (κ1) is 12.9. The predicted molar refractivity (Wildman–Crippen MR) is 65.7 cm³/mol. The van der Waals surface area contributed by atoms with Crippen molar-refractivity contribution in [3.05, 3.63) is 17.6 Å². The number of ether oxygens (including phenoxy) is 1. The molecule has 0 spiro atoms. The van der Waals surface area contributed by atoms with Gasteiger partial charge in [-0.1, -0.05) is 0 Å². The van der Waals surface area contributed by atoms with Crippen LogP contribution in [-0.4, -0.2) is 28.7 Å². The highest BCUT2D eigenvalue weighted by molar-refractivity contribution is 5.36. The first-order valence-electron chi connectivity index (χ1n) is 5.63. The van der Waals surface area contributed by atoms with Crippen LogP contribution in [0.25, 0.3) is 0 Å². The molecule has 0 amide bonds. The van der Waals surface area contributed by atoms with Crippen LogP contribution in [0.1, 0.15) is 32.3 Å². The van der Waals surface area contributed by atoms with E-state index in [9.17, 15) is 0 Å². The first-order chi connectivity index (χ1) is 7.43. The SMILES string of the molecule is CCOC(C)(C)CNc1cc(C)nc(C)n1. The molecule has 1 rings (SSSR count). The van der Waals surface area contributed by atoms with E-state index in [4.69, 9.17) is 4.74 Å². The molecule has 90 valence electrons. The van der Waals surface area contributed by atoms with Crippen molar-refractivity contribution in [2.24, 2.45) is 0 Å². The Morgan fingerprint density at radius 1 is 1.31 bits per heavy atom. The maximum Gasteiger partial charge on any atom is 0.130 e. The van der Waals surface area contributed by atoms with E-state index >= 15 is 0 Å². The van der Waals surface area contributed by atoms with Gasteiger partial charge in [-0.2, -0.15) is 0 Å². The molecule has 0 radical (unpaired) electrons. The predicted octanol–water partition coefficient (Wildman–Crippen LogP) is 2.32. The Kier molecular flexibility index (Phi) is 4.24. The normalized spacial score (nSPS) is 11.6. The van der Waals surface area contributed by atoms with E-state index in [-0.39, 0.29) is 5.60 Å². The van der Waals surface area contributed by atoms with E-state index in [1.54, 1.807) is 0 Å². The van der Waals surface area contributed by atoms with E-state index in [0.717, 1.165) is 30.5 Å². The van der Waals surface area contributed by atoms with Gasteiger partial charge in [-0.3, -0.25) is 0 Å². The van der Waals surface area contributed by atoms with Crippen LogP contribution in [-0.2, 0) is 4.74 Å². The minimum Gasteiger partial charge on any atom is -0.374 e. The van der Waals surface area contributed by atoms with Crippen LogP contribution in [0.5, 0.6) is 0 Å². The quantitative estimate of drug-likeness (QED) is 0.832. The second-order valence-corrected chi connectivity index (χ2v) is 4.49. The number of aryl methyl sites for hydroxylation is 2. The molecule has 4 nitrogen and oxygen atoms in total. The summed E-state index contributed by atoms with van der Waals surface area (Å²) in [7, 11) is 0. The fourth-order valence-corrected chi connectivity index (χ4v) is 1.55. The van der Waals surface area contributed by atoms with Crippen molar-refractivity contribution >= 4 is 5.82 Å². The number of hydrogen-bond acceptors (Lipinski definition) is 4. The van der Waals surface area contributed by atoms with Crippen LogP contribution in [0, 0.1) is 13.8 Å². The van der Waals surface area contributed by atoms with E-state index in [0.29, 0.717) is 0 Å². The summed E-state index contributed by atoms with van der Waals surface area (Å²) in [6.07, 6.45) is 0. The van der Waals surface area contributed by atoms with Gasteiger partial charge in [0.05, 0.1) is 5.60 Å². The number of nitrogens with zero attached hydrogens (tertiary/aromatic N) is 2. The summed E-state index contributed by atoms with van der Waals surface area (Å²) in [5.41, 5.74) is 0.797. The number of aromatic nitrogens is 2. The zero-order valence-corrected chi connectivity index (χ0v) is 10.8. The van der Waals surface area contributed by atoms with Crippen LogP contribution in [0.4, 0.5) is 5.82 Å². The Morgan fingerprint density at radius 2 is 2.00 bits per heavy atom. The fourth-order valence-electron chi connectivity index (χ4n) is 1.55. The van der Waals surface area contributed by atoms with Crippen LogP contribution < -0.4 is 5.32 Å². The Balaban J connectivity index is 2.60. The summed E-state index contributed by atoms with van der Waals surface area (Å²) in [4.78, 5) is 8.55. The van der Waals surface area contributed by atoms with Crippen molar-refractivity contribution in [3.63, 3.8) is 0 Å². The van der Waals surface area contributed by atoms with E-state index in [1.165, 1.54) is 0 Å². The van der Waals surface area contributed by atoms with Gasteiger partial charge in [-0.15, -0.1) is 0 Å². The highest BCUT2D eigenvalue weighted by Gasteiger charge is 2.17. The van der Waals surface area contributed by atoms with Gasteiger partial charge in [-0.05, 0) is 34.6 Å². The lowest BCUT2D eigenvalue weighted by Gasteiger charge is -2.25. The lowest BCUT2D eigenvalue weighted by Crippen LogP contribution is -2.33. The third-order valence-electron chi connectivity index (χ3n) is 2.20. The molecule has 0 saturated carbocycles. The Hall–Kier alpha value is -1.16. The van der Waals surface area contributed by atoms with Gasteiger partial charge in [0.25, 0.3) is 0 Å². The molecule has 0 aliphatic heterocycles. The summed E-state index contributed by atoms with van der Waals surface area (Å²) in [5.74, 6) is 1.65. The molecule has 0 atom stereocenters. The standard InChI is InChI=1S/C12H21N3O/c1-6-16-12(4,5)8-13-11-7-9(2)14-10(3)15-11/h7H,6,8H2,1-5H3,(H,13,14,15). The molecule has 0 aliphatic carbocycles. The molecular formula is C12H21N3O. The molecule has 0 aromatic carbocycles. The average molecular weight is 223 g/mol. The molecule has 0 saturated heterocycles. The lowest BCUT2D eigenvalue weighted by molar-refractivity contribution is 0.000636. The topological polar surface area (TPSA) is 47.0 Å². The molecule has 1 aromatic heterocycles. The summed E-state index contributed by atoms with van der Waals surface area (Å²) < 4.78 is 5.61. The lowest BCUT2D eigenvalue weighted by atomic mass is 10.1. The summed E-state index contributed by atoms with van der Waals surface area (Å²) in [6, 6.07) is 1.94. The number of rotatable bonds is 5. The Morgan fingerprint density at radius 3 is 2.56 bits per heavy atom. The van der Waals surface area contributed by atoms with Crippen molar-refractivity contribution in [1.29, 1.82) is 0 Å². The molecule has 0 fully saturated rings. The molecule has 1 aromatic rings. The maximum absolute atomic E-state index is 5.61. The average Bonchev–Trinajstić information content (AvgIpc) is 2.13. The molecular weight excluding hydrogens is 202 g/mol. The zero-order chi connectivity index (χ0) is 12.2. The maximum atomic E-state index is 5.61. The Labute approximate surface area is 97.5 Å². The van der Waals surface area contributed by atoms with Gasteiger partial charge in [-0.25, -0.2) is 9.97 Å².